The van der Waals surface area contributed by atoms with E-state index in [0.717, 1.165) is 17.4 Å². The fourth-order valence-electron chi connectivity index (χ4n) is 2.65. The molecule has 120 valence electrons. The van der Waals surface area contributed by atoms with E-state index in [-0.39, 0.29) is 12.5 Å². The zero-order valence-electron chi connectivity index (χ0n) is 12.8. The van der Waals surface area contributed by atoms with Gasteiger partial charge < -0.3 is 14.5 Å². The van der Waals surface area contributed by atoms with E-state index in [2.05, 4.69) is 5.32 Å². The minimum absolute atomic E-state index is 0.0290. The van der Waals surface area contributed by atoms with Crippen LogP contribution < -0.4 is 10.9 Å². The highest BCUT2D eigenvalue weighted by Crippen LogP contribution is 2.20. The van der Waals surface area contributed by atoms with Crippen molar-refractivity contribution in [2.75, 3.05) is 0 Å². The van der Waals surface area contributed by atoms with Crippen molar-refractivity contribution in [3.63, 3.8) is 0 Å². The number of rotatable bonds is 4. The van der Waals surface area contributed by atoms with Crippen LogP contribution in [-0.2, 0) is 27.4 Å². The van der Waals surface area contributed by atoms with Crippen LogP contribution in [0.3, 0.4) is 0 Å². The third-order valence-electron chi connectivity index (χ3n) is 3.95. The molecule has 0 aliphatic carbocycles. The maximum Gasteiger partial charge on any atom is 0.336 e. The molecule has 1 N–H and O–H groups in total. The SMILES string of the molecule is CCc1ccc2c(COC(=O)[C@H]3CCC(=O)N3)cc(=O)oc2c1. The van der Waals surface area contributed by atoms with E-state index >= 15 is 0 Å². The van der Waals surface area contributed by atoms with Gasteiger partial charge in [-0.15, -0.1) is 0 Å². The Bertz CT molecular complexity index is 823. The van der Waals surface area contributed by atoms with Crippen LogP contribution in [0, 0.1) is 0 Å². The van der Waals surface area contributed by atoms with E-state index in [0.29, 0.717) is 24.0 Å². The van der Waals surface area contributed by atoms with E-state index in [4.69, 9.17) is 9.15 Å². The number of hydrogen-bond donors (Lipinski definition) is 1. The predicted molar refractivity (Wildman–Crippen MR) is 82.8 cm³/mol. The number of aryl methyl sites for hydroxylation is 1. The van der Waals surface area contributed by atoms with Crippen LogP contribution in [0.4, 0.5) is 0 Å². The van der Waals surface area contributed by atoms with Gasteiger partial charge in [0.15, 0.2) is 0 Å². The molecule has 3 rings (SSSR count). The number of ether oxygens (including phenoxy) is 1. The van der Waals surface area contributed by atoms with Crippen molar-refractivity contribution >= 4 is 22.8 Å². The van der Waals surface area contributed by atoms with Gasteiger partial charge in [0, 0.05) is 23.4 Å². The first-order valence-electron chi connectivity index (χ1n) is 7.58. The lowest BCUT2D eigenvalue weighted by Crippen LogP contribution is -2.34. The second-order valence-electron chi connectivity index (χ2n) is 5.54. The van der Waals surface area contributed by atoms with Crippen LogP contribution in [0.5, 0.6) is 0 Å². The zero-order chi connectivity index (χ0) is 16.4. The van der Waals surface area contributed by atoms with Gasteiger partial charge in [0.2, 0.25) is 5.91 Å². The molecule has 0 unspecified atom stereocenters. The first-order valence-corrected chi connectivity index (χ1v) is 7.58. The molecule has 1 aliphatic rings. The summed E-state index contributed by atoms with van der Waals surface area (Å²) in [6, 6.07) is 6.36. The lowest BCUT2D eigenvalue weighted by molar-refractivity contribution is -0.147. The Morgan fingerprint density at radius 1 is 1.35 bits per heavy atom. The van der Waals surface area contributed by atoms with Gasteiger partial charge in [0.25, 0.3) is 0 Å². The molecule has 1 saturated heterocycles. The minimum Gasteiger partial charge on any atom is -0.459 e. The van der Waals surface area contributed by atoms with E-state index in [1.165, 1.54) is 6.07 Å². The molecule has 1 aromatic heterocycles. The largest absolute Gasteiger partial charge is 0.459 e. The lowest BCUT2D eigenvalue weighted by atomic mass is 10.1. The molecule has 1 aromatic carbocycles. The Hall–Kier alpha value is -2.63. The molecule has 6 heteroatoms. The van der Waals surface area contributed by atoms with Crippen LogP contribution in [0.1, 0.15) is 30.9 Å². The van der Waals surface area contributed by atoms with Gasteiger partial charge in [-0.25, -0.2) is 9.59 Å². The summed E-state index contributed by atoms with van der Waals surface area (Å²) in [4.78, 5) is 34.8. The van der Waals surface area contributed by atoms with Crippen LogP contribution in [0.15, 0.2) is 33.5 Å². The molecule has 0 radical (unpaired) electrons. The van der Waals surface area contributed by atoms with Gasteiger partial charge in [-0.2, -0.15) is 0 Å². The van der Waals surface area contributed by atoms with Crippen molar-refractivity contribution in [2.45, 2.75) is 38.8 Å². The normalized spacial score (nSPS) is 17.3. The molecular weight excluding hydrogens is 298 g/mol. The van der Waals surface area contributed by atoms with Gasteiger partial charge in [-0.3, -0.25) is 4.79 Å². The third-order valence-corrected chi connectivity index (χ3v) is 3.95. The number of esters is 1. The van der Waals surface area contributed by atoms with Crippen LogP contribution >= 0.6 is 0 Å². The molecule has 0 spiro atoms. The van der Waals surface area contributed by atoms with Gasteiger partial charge in [-0.1, -0.05) is 19.1 Å². The number of carbonyl (C=O) groups is 2. The second-order valence-corrected chi connectivity index (χ2v) is 5.54. The summed E-state index contributed by atoms with van der Waals surface area (Å²) >= 11 is 0. The van der Waals surface area contributed by atoms with Gasteiger partial charge >= 0.3 is 11.6 Å². The first kappa shape index (κ1) is 15.3. The predicted octanol–water partition coefficient (Wildman–Crippen LogP) is 1.68. The standard InChI is InChI=1S/C17H17NO5/c1-2-10-3-4-12-11(8-16(20)23-14(12)7-10)9-22-17(21)13-5-6-15(19)18-13/h3-4,7-8,13H,2,5-6,9H2,1H3,(H,18,19)/t13-/m1/s1. The first-order chi connectivity index (χ1) is 11.1. The summed E-state index contributed by atoms with van der Waals surface area (Å²) in [5, 5.41) is 3.30. The maximum absolute atomic E-state index is 11.9. The minimum atomic E-state index is -0.597. The molecule has 6 nitrogen and oxygen atoms in total. The lowest BCUT2D eigenvalue weighted by Gasteiger charge is -2.11. The monoisotopic (exact) mass is 315 g/mol. The number of hydrogen-bond acceptors (Lipinski definition) is 5. The Morgan fingerprint density at radius 2 is 2.17 bits per heavy atom. The summed E-state index contributed by atoms with van der Waals surface area (Å²) in [6.45, 7) is 1.99. The molecule has 23 heavy (non-hydrogen) atoms. The van der Waals surface area contributed by atoms with E-state index in [1.54, 1.807) is 0 Å². The smallest absolute Gasteiger partial charge is 0.336 e. The summed E-state index contributed by atoms with van der Waals surface area (Å²) in [5.41, 5.74) is 1.66. The number of nitrogens with one attached hydrogen (secondary N) is 1. The van der Waals surface area contributed by atoms with E-state index in [1.807, 2.05) is 25.1 Å². The zero-order valence-corrected chi connectivity index (χ0v) is 12.8. The van der Waals surface area contributed by atoms with Crippen LogP contribution in [0.2, 0.25) is 0 Å². The molecular formula is C17H17NO5. The Kier molecular flexibility index (Phi) is 4.14. The van der Waals surface area contributed by atoms with Crippen molar-refractivity contribution < 1.29 is 18.7 Å². The van der Waals surface area contributed by atoms with E-state index < -0.39 is 17.6 Å². The fraction of sp³-hybridized carbons (Fsp3) is 0.353. The highest BCUT2D eigenvalue weighted by molar-refractivity contribution is 5.88. The maximum atomic E-state index is 11.9. The number of carbonyl (C=O) groups excluding carboxylic acids is 2. The quantitative estimate of drug-likeness (QED) is 0.685. The Balaban J connectivity index is 1.81. The van der Waals surface area contributed by atoms with Crippen molar-refractivity contribution in [1.29, 1.82) is 0 Å². The van der Waals surface area contributed by atoms with Crippen molar-refractivity contribution in [2.24, 2.45) is 0 Å². The average molecular weight is 315 g/mol. The molecule has 1 amide bonds. The summed E-state index contributed by atoms with van der Waals surface area (Å²) in [7, 11) is 0. The molecule has 1 fully saturated rings. The highest BCUT2D eigenvalue weighted by atomic mass is 16.5. The van der Waals surface area contributed by atoms with Crippen molar-refractivity contribution in [1.82, 2.24) is 5.32 Å². The Labute approximate surface area is 132 Å². The molecule has 1 atom stereocenters. The van der Waals surface area contributed by atoms with Gasteiger partial charge in [0.1, 0.15) is 18.2 Å². The number of fused-ring (bicyclic) bond motifs is 1. The summed E-state index contributed by atoms with van der Waals surface area (Å²) in [6.07, 6.45) is 1.60. The molecule has 2 heterocycles. The van der Waals surface area contributed by atoms with Crippen LogP contribution in [0.25, 0.3) is 11.0 Å². The third kappa shape index (κ3) is 3.26. The molecule has 1 aliphatic heterocycles. The topological polar surface area (TPSA) is 85.6 Å². The Morgan fingerprint density at radius 3 is 2.87 bits per heavy atom. The highest BCUT2D eigenvalue weighted by Gasteiger charge is 2.28. The number of benzene rings is 1. The van der Waals surface area contributed by atoms with Gasteiger partial charge in [-0.05, 0) is 24.5 Å². The molecule has 0 bridgehead atoms. The summed E-state index contributed by atoms with van der Waals surface area (Å²) in [5.74, 6) is -0.632. The van der Waals surface area contributed by atoms with Gasteiger partial charge in [0.05, 0.1) is 0 Å². The summed E-state index contributed by atoms with van der Waals surface area (Å²) < 4.78 is 10.5. The molecule has 0 saturated carbocycles. The van der Waals surface area contributed by atoms with Crippen molar-refractivity contribution in [3.05, 3.63) is 45.8 Å². The average Bonchev–Trinajstić information content (AvgIpc) is 2.98. The van der Waals surface area contributed by atoms with Crippen molar-refractivity contribution in [3.8, 4) is 0 Å². The number of amides is 1. The fourth-order valence-corrected chi connectivity index (χ4v) is 2.65. The molecule has 2 aromatic rings. The second kappa shape index (κ2) is 6.24. The van der Waals surface area contributed by atoms with Crippen LogP contribution in [-0.4, -0.2) is 17.9 Å². The van der Waals surface area contributed by atoms with E-state index in [9.17, 15) is 14.4 Å².